The van der Waals surface area contributed by atoms with E-state index in [4.69, 9.17) is 19.5 Å². The van der Waals surface area contributed by atoms with Crippen molar-refractivity contribution in [2.45, 2.75) is 50.9 Å². The fourth-order valence-corrected chi connectivity index (χ4v) is 9.31. The Morgan fingerprint density at radius 3 is 2.43 bits per heavy atom. The maximum Gasteiger partial charge on any atom is 0.481 e. The van der Waals surface area contributed by atoms with Gasteiger partial charge in [0.2, 0.25) is 16.9 Å². The number of carbonyl (C=O) groups is 3. The van der Waals surface area contributed by atoms with Crippen molar-refractivity contribution in [3.8, 4) is 5.75 Å². The molecule has 0 bridgehead atoms. The molecule has 25 nitrogen and oxygen atoms in total. The van der Waals surface area contributed by atoms with E-state index in [-0.39, 0.29) is 53.6 Å². The topological polar surface area (TPSA) is 384 Å². The number of amides is 2. The average Bonchev–Trinajstić information content (AvgIpc) is 3.74. The second kappa shape index (κ2) is 19.6. The number of fused-ring (bicyclic) bond motifs is 2. The third kappa shape index (κ3) is 12.6. The van der Waals surface area contributed by atoms with Gasteiger partial charge in [0.15, 0.2) is 17.7 Å². The van der Waals surface area contributed by atoms with Crippen molar-refractivity contribution < 1.29 is 85.6 Å². The summed E-state index contributed by atoms with van der Waals surface area (Å²) >= 11 is 0.886. The number of carbonyl (C=O) groups excluding carboxylic acids is 3. The monoisotopic (exact) mass is 937 g/mol. The fraction of sp³-hybridized carbons (Fsp3) is 0.438. The summed E-state index contributed by atoms with van der Waals surface area (Å²) in [6, 6.07) is 10.2. The van der Waals surface area contributed by atoms with Gasteiger partial charge in [0.1, 0.15) is 42.0 Å². The van der Waals surface area contributed by atoms with Crippen LogP contribution in [0.25, 0.3) is 21.9 Å². The van der Waals surface area contributed by atoms with E-state index in [0.717, 1.165) is 34.4 Å². The molecule has 1 aliphatic heterocycles. The van der Waals surface area contributed by atoms with Gasteiger partial charge in [-0.3, -0.25) is 32.5 Å². The van der Waals surface area contributed by atoms with Crippen LogP contribution in [0.2, 0.25) is 0 Å². The number of imidazole rings is 1. The van der Waals surface area contributed by atoms with Gasteiger partial charge in [-0.05, 0) is 11.5 Å². The smallest absolute Gasteiger partial charge is 0.481 e. The number of nitrogens with one attached hydrogen (secondary N) is 2. The number of hydrogen-bond donors (Lipinski definition) is 10. The summed E-state index contributed by atoms with van der Waals surface area (Å²) in [6.45, 7) is 0.258. The Morgan fingerprint density at radius 2 is 1.70 bits per heavy atom. The van der Waals surface area contributed by atoms with Crippen molar-refractivity contribution in [3.63, 3.8) is 0 Å². The summed E-state index contributed by atoms with van der Waals surface area (Å²) in [7, 11) is -16.5. The van der Waals surface area contributed by atoms with Crippen LogP contribution in [0.3, 0.4) is 0 Å². The number of phosphoric acid groups is 3. The largest absolute Gasteiger partial charge is 0.507 e. The molecule has 61 heavy (non-hydrogen) atoms. The molecule has 2 aromatic carbocycles. The summed E-state index contributed by atoms with van der Waals surface area (Å²) in [5.74, 6) is -1.52. The highest BCUT2D eigenvalue weighted by Gasteiger charge is 2.50. The lowest BCUT2D eigenvalue weighted by atomic mass is 9.87. The van der Waals surface area contributed by atoms with E-state index in [1.54, 1.807) is 30.3 Å². The lowest BCUT2D eigenvalue weighted by Gasteiger charge is -2.30. The molecular formula is C32H42N7O18P3S. The van der Waals surface area contributed by atoms with E-state index in [2.05, 4.69) is 34.4 Å². The first kappa shape index (κ1) is 48.1. The van der Waals surface area contributed by atoms with E-state index in [0.29, 0.717) is 5.39 Å². The molecule has 2 unspecified atom stereocenters. The second-order valence-electron chi connectivity index (χ2n) is 13.9. The van der Waals surface area contributed by atoms with E-state index < -0.39 is 89.7 Å². The van der Waals surface area contributed by atoms with Gasteiger partial charge in [0, 0.05) is 36.1 Å². The number of aromatic nitrogens is 4. The van der Waals surface area contributed by atoms with Crippen molar-refractivity contribution in [3.05, 3.63) is 54.6 Å². The van der Waals surface area contributed by atoms with Gasteiger partial charge >= 0.3 is 23.5 Å². The van der Waals surface area contributed by atoms with Gasteiger partial charge in [-0.1, -0.05) is 55.9 Å². The summed E-state index contributed by atoms with van der Waals surface area (Å²) < 4.78 is 62.2. The summed E-state index contributed by atoms with van der Waals surface area (Å²) in [6.07, 6.45) is -7.06. The number of nitrogens with zero attached hydrogens (tertiary/aromatic N) is 4. The number of nitrogens with two attached hydrogens (primary N) is 1. The number of aliphatic hydroxyl groups is 2. The fourth-order valence-electron chi connectivity index (χ4n) is 5.77. The molecule has 11 N–H and O–H groups in total. The number of anilines is 1. The van der Waals surface area contributed by atoms with Gasteiger partial charge in [0.25, 0.3) is 0 Å². The number of nitrogen functional groups attached to an aromatic ring is 1. The summed E-state index contributed by atoms with van der Waals surface area (Å²) in [4.78, 5) is 88.6. The highest BCUT2D eigenvalue weighted by Crippen LogP contribution is 2.61. The third-order valence-corrected chi connectivity index (χ3v) is 12.8. The molecule has 0 saturated carbocycles. The summed E-state index contributed by atoms with van der Waals surface area (Å²) in [5, 5.41) is 37.8. The van der Waals surface area contributed by atoms with Crippen molar-refractivity contribution >= 4 is 79.9 Å². The Labute approximate surface area is 349 Å². The average molecular weight is 938 g/mol. The second-order valence-corrected chi connectivity index (χ2v) is 19.2. The Hall–Kier alpha value is -3.94. The van der Waals surface area contributed by atoms with Crippen molar-refractivity contribution in [1.29, 1.82) is 0 Å². The highest BCUT2D eigenvalue weighted by atomic mass is 32.2. The normalized spacial score (nSPS) is 20.9. The Bertz CT molecular complexity index is 2400. The van der Waals surface area contributed by atoms with Crippen molar-refractivity contribution in [2.75, 3.05) is 37.8 Å². The van der Waals surface area contributed by atoms with Gasteiger partial charge in [-0.15, -0.1) is 0 Å². The summed E-state index contributed by atoms with van der Waals surface area (Å²) in [5.41, 5.74) is 4.35. The molecule has 7 atom stereocenters. The van der Waals surface area contributed by atoms with Crippen LogP contribution in [-0.4, -0.2) is 128 Å². The molecule has 334 valence electrons. The quantitative estimate of drug-likeness (QED) is 0.0433. The van der Waals surface area contributed by atoms with Crippen molar-refractivity contribution in [1.82, 2.24) is 30.2 Å². The zero-order valence-electron chi connectivity index (χ0n) is 32.0. The molecule has 1 aliphatic rings. The van der Waals surface area contributed by atoms with Crippen LogP contribution < -0.4 is 16.4 Å². The van der Waals surface area contributed by atoms with Gasteiger partial charge < -0.3 is 56.0 Å². The lowest BCUT2D eigenvalue weighted by molar-refractivity contribution is -0.137. The predicted molar refractivity (Wildman–Crippen MR) is 212 cm³/mol. The zero-order valence-corrected chi connectivity index (χ0v) is 35.5. The third-order valence-electron chi connectivity index (χ3n) is 8.86. The van der Waals surface area contributed by atoms with E-state index in [1.165, 1.54) is 19.9 Å². The number of thioether (sulfide) groups is 1. The van der Waals surface area contributed by atoms with E-state index in [9.17, 15) is 63.0 Å². The molecular weight excluding hydrogens is 895 g/mol. The maximum atomic E-state index is 12.7. The number of rotatable bonds is 20. The first-order valence-corrected chi connectivity index (χ1v) is 23.3. The number of aliphatic hydroxyl groups excluding tert-OH is 2. The van der Waals surface area contributed by atoms with Gasteiger partial charge in [-0.2, -0.15) is 4.31 Å². The van der Waals surface area contributed by atoms with E-state index >= 15 is 0 Å². The van der Waals surface area contributed by atoms with E-state index in [1.807, 2.05) is 0 Å². The molecule has 2 amide bonds. The first-order chi connectivity index (χ1) is 28.5. The highest BCUT2D eigenvalue weighted by molar-refractivity contribution is 8.14. The Kier molecular flexibility index (Phi) is 15.5. The Balaban J connectivity index is 1.05. The lowest BCUT2D eigenvalue weighted by Crippen LogP contribution is -2.46. The zero-order chi connectivity index (χ0) is 44.9. The molecule has 2 aromatic heterocycles. The molecule has 0 spiro atoms. The van der Waals surface area contributed by atoms with Crippen LogP contribution in [0.15, 0.2) is 49.1 Å². The standard InChI is InChI=1S/C32H42N7O18P3S/c1-32(2,26(43)29(44)35-10-9-21(40)34-11-12-61-31(45)19-8-7-17-5-3-4-6-18(17)23(19)41)14-54-60(51,52)57-59(49,50)53-13-20-25(56-58(46,47)48)24(42)30(55-20)39-16-38-22-27(33)36-15-37-28(22)39/h3-8,15-16,20,24-26,30,41-43H,9-14H2,1-2H3,(H,34,40)(H,35,44)(H,49,50)(H,51,52)(H2,33,36,37)(H2,46,47,48)/t20-,24-,25-,26+,30-/m1/s1. The minimum atomic E-state index is -5.59. The molecule has 1 saturated heterocycles. The van der Waals surface area contributed by atoms with Crippen LogP contribution >= 0.6 is 35.2 Å². The molecule has 1 fully saturated rings. The van der Waals surface area contributed by atoms with Gasteiger partial charge in [0.05, 0.1) is 25.1 Å². The number of phosphoric ester groups is 3. The maximum absolute atomic E-state index is 12.7. The molecule has 4 aromatic rings. The van der Waals surface area contributed by atoms with Crippen molar-refractivity contribution in [2.24, 2.45) is 5.41 Å². The van der Waals surface area contributed by atoms with Crippen LogP contribution in [0.1, 0.15) is 36.9 Å². The molecule has 29 heteroatoms. The first-order valence-electron chi connectivity index (χ1n) is 17.8. The Morgan fingerprint density at radius 1 is 1.00 bits per heavy atom. The number of aromatic hydroxyl groups is 1. The minimum Gasteiger partial charge on any atom is -0.507 e. The SMILES string of the molecule is CC(C)(COP(=O)(O)OP(=O)(O)OC[C@H]1O[C@@H](n2cnc3c(N)ncnc32)[C@H](O)[C@@H]1OP(=O)(O)O)[C@@H](O)C(=O)NCCC(=O)NCCSC(=O)c1ccc2ccccc2c1O. The minimum absolute atomic E-state index is 0.0230. The van der Waals surface area contributed by atoms with Crippen LogP contribution in [0.4, 0.5) is 5.82 Å². The van der Waals surface area contributed by atoms with Gasteiger partial charge in [-0.25, -0.2) is 28.6 Å². The number of benzene rings is 2. The molecule has 5 rings (SSSR count). The van der Waals surface area contributed by atoms with Crippen LogP contribution in [-0.2, 0) is 45.9 Å². The number of hydrogen-bond acceptors (Lipinski definition) is 19. The molecule has 0 aliphatic carbocycles. The predicted octanol–water partition coefficient (Wildman–Crippen LogP) is 0.837. The number of phenolic OH excluding ortho intramolecular Hbond substituents is 1. The van der Waals surface area contributed by atoms with Crippen LogP contribution in [0.5, 0.6) is 5.75 Å². The van der Waals surface area contributed by atoms with Crippen LogP contribution in [0, 0.1) is 5.41 Å². The molecule has 3 heterocycles. The number of phenols is 1. The number of ether oxygens (including phenoxy) is 1. The molecule has 0 radical (unpaired) electrons.